The molecule has 1 fully saturated rings. The molecule has 3 N–H and O–H groups in total. The number of amides is 1. The molecule has 1 amide bonds. The Morgan fingerprint density at radius 2 is 1.95 bits per heavy atom. The van der Waals surface area contributed by atoms with Crippen LogP contribution in [0.2, 0.25) is 0 Å². The van der Waals surface area contributed by atoms with Gasteiger partial charge in [-0.25, -0.2) is 0 Å². The van der Waals surface area contributed by atoms with Gasteiger partial charge in [0.15, 0.2) is 0 Å². The first-order valence-corrected chi connectivity index (χ1v) is 7.64. The molecule has 1 saturated heterocycles. The van der Waals surface area contributed by atoms with Crippen molar-refractivity contribution < 1.29 is 4.79 Å². The van der Waals surface area contributed by atoms with Crippen LogP contribution < -0.4 is 11.1 Å². The van der Waals surface area contributed by atoms with Gasteiger partial charge in [0.2, 0.25) is 5.91 Å². The highest BCUT2D eigenvalue weighted by Crippen LogP contribution is 2.10. The lowest BCUT2D eigenvalue weighted by Crippen LogP contribution is -2.47. The minimum atomic E-state index is 0.0833. The maximum absolute atomic E-state index is 11.4. The van der Waals surface area contributed by atoms with Crippen molar-refractivity contribution in [3.63, 3.8) is 0 Å². The van der Waals surface area contributed by atoms with Gasteiger partial charge in [0.25, 0.3) is 0 Å². The molecular formula is C14H30N4O. The number of hydrogen-bond acceptors (Lipinski definition) is 4. The first-order valence-electron chi connectivity index (χ1n) is 7.64. The van der Waals surface area contributed by atoms with Crippen LogP contribution in [-0.2, 0) is 4.79 Å². The molecule has 1 rings (SSSR count). The molecule has 5 heteroatoms. The zero-order chi connectivity index (χ0) is 14.1. The van der Waals surface area contributed by atoms with E-state index in [1.54, 1.807) is 0 Å². The summed E-state index contributed by atoms with van der Waals surface area (Å²) in [5, 5.41) is 3.61. The fraction of sp³-hybridized carbons (Fsp3) is 0.929. The van der Waals surface area contributed by atoms with Crippen molar-refractivity contribution in [1.29, 1.82) is 0 Å². The molecular weight excluding hydrogens is 240 g/mol. The molecule has 0 spiro atoms. The Bertz CT molecular complexity index is 248. The number of rotatable bonds is 8. The monoisotopic (exact) mass is 270 g/mol. The molecule has 0 saturated carbocycles. The van der Waals surface area contributed by atoms with Crippen LogP contribution in [0.5, 0.6) is 0 Å². The van der Waals surface area contributed by atoms with Crippen LogP contribution in [0.15, 0.2) is 0 Å². The second kappa shape index (κ2) is 9.28. The lowest BCUT2D eigenvalue weighted by molar-refractivity contribution is -0.130. The van der Waals surface area contributed by atoms with Gasteiger partial charge >= 0.3 is 0 Å². The maximum atomic E-state index is 11.4. The fourth-order valence-corrected chi connectivity index (χ4v) is 2.61. The van der Waals surface area contributed by atoms with Gasteiger partial charge in [-0.1, -0.05) is 13.8 Å². The first-order chi connectivity index (χ1) is 9.21. The molecule has 0 aromatic rings. The SMILES string of the molecule is CCN(CC)CCCNC1CCN(C(=O)CN)CC1. The standard InChI is InChI=1S/C14H30N4O/c1-3-17(4-2)9-5-8-16-13-6-10-18(11-7-13)14(19)12-15/h13,16H,3-12,15H2,1-2H3. The van der Waals surface area contributed by atoms with Gasteiger partial charge in [0.05, 0.1) is 6.54 Å². The Morgan fingerprint density at radius 1 is 1.32 bits per heavy atom. The second-order valence-electron chi connectivity index (χ2n) is 5.19. The number of carbonyl (C=O) groups is 1. The summed E-state index contributed by atoms with van der Waals surface area (Å²) in [6.45, 7) is 10.8. The molecule has 0 aromatic carbocycles. The molecule has 0 radical (unpaired) electrons. The number of carbonyl (C=O) groups excluding carboxylic acids is 1. The van der Waals surface area contributed by atoms with Crippen molar-refractivity contribution in [3.8, 4) is 0 Å². The minimum Gasteiger partial charge on any atom is -0.341 e. The zero-order valence-electron chi connectivity index (χ0n) is 12.5. The summed E-state index contributed by atoms with van der Waals surface area (Å²) in [7, 11) is 0. The molecule has 1 aliphatic heterocycles. The quantitative estimate of drug-likeness (QED) is 0.621. The van der Waals surface area contributed by atoms with Crippen molar-refractivity contribution in [2.45, 2.75) is 39.2 Å². The molecule has 0 aliphatic carbocycles. The smallest absolute Gasteiger partial charge is 0.236 e. The molecule has 19 heavy (non-hydrogen) atoms. The van der Waals surface area contributed by atoms with Crippen LogP contribution in [-0.4, -0.2) is 67.6 Å². The predicted molar refractivity (Wildman–Crippen MR) is 79.1 cm³/mol. The molecule has 0 unspecified atom stereocenters. The Balaban J connectivity index is 2.08. The summed E-state index contributed by atoms with van der Waals surface area (Å²) in [6, 6.07) is 0.568. The second-order valence-corrected chi connectivity index (χ2v) is 5.19. The van der Waals surface area contributed by atoms with Crippen LogP contribution in [0.3, 0.4) is 0 Å². The number of nitrogens with two attached hydrogens (primary N) is 1. The van der Waals surface area contributed by atoms with Gasteiger partial charge in [-0.2, -0.15) is 0 Å². The van der Waals surface area contributed by atoms with E-state index in [0.29, 0.717) is 6.04 Å². The Labute approximate surface area is 117 Å². The first kappa shape index (κ1) is 16.4. The summed E-state index contributed by atoms with van der Waals surface area (Å²) in [5.74, 6) is 0.0833. The molecule has 0 bridgehead atoms. The van der Waals surface area contributed by atoms with Gasteiger partial charge in [0.1, 0.15) is 0 Å². The van der Waals surface area contributed by atoms with Gasteiger partial charge in [-0.05, 0) is 45.4 Å². The predicted octanol–water partition coefficient (Wildman–Crippen LogP) is 0.258. The van der Waals surface area contributed by atoms with Crippen molar-refractivity contribution in [1.82, 2.24) is 15.1 Å². The summed E-state index contributed by atoms with van der Waals surface area (Å²) in [6.07, 6.45) is 3.30. The molecule has 0 aromatic heterocycles. The molecule has 5 nitrogen and oxygen atoms in total. The van der Waals surface area contributed by atoms with E-state index in [2.05, 4.69) is 24.1 Å². The van der Waals surface area contributed by atoms with E-state index in [0.717, 1.165) is 45.6 Å². The molecule has 1 aliphatic rings. The van der Waals surface area contributed by atoms with E-state index in [9.17, 15) is 4.79 Å². The van der Waals surface area contributed by atoms with E-state index in [4.69, 9.17) is 5.73 Å². The van der Waals surface area contributed by atoms with E-state index < -0.39 is 0 Å². The van der Waals surface area contributed by atoms with Gasteiger partial charge in [-0.15, -0.1) is 0 Å². The van der Waals surface area contributed by atoms with Gasteiger partial charge in [-0.3, -0.25) is 4.79 Å². The zero-order valence-corrected chi connectivity index (χ0v) is 12.5. The Hall–Kier alpha value is -0.650. The number of hydrogen-bond donors (Lipinski definition) is 2. The largest absolute Gasteiger partial charge is 0.341 e. The summed E-state index contributed by atoms with van der Waals surface area (Å²) in [5.41, 5.74) is 5.38. The fourth-order valence-electron chi connectivity index (χ4n) is 2.61. The van der Waals surface area contributed by atoms with E-state index in [1.165, 1.54) is 13.0 Å². The van der Waals surface area contributed by atoms with E-state index >= 15 is 0 Å². The third-order valence-electron chi connectivity index (χ3n) is 4.00. The van der Waals surface area contributed by atoms with Crippen LogP contribution >= 0.6 is 0 Å². The van der Waals surface area contributed by atoms with E-state index in [1.807, 2.05) is 4.90 Å². The number of likely N-dealkylation sites (tertiary alicyclic amines) is 1. The van der Waals surface area contributed by atoms with E-state index in [-0.39, 0.29) is 12.5 Å². The molecule has 112 valence electrons. The highest BCUT2D eigenvalue weighted by atomic mass is 16.2. The topological polar surface area (TPSA) is 61.6 Å². The van der Waals surface area contributed by atoms with Crippen molar-refractivity contribution >= 4 is 5.91 Å². The number of nitrogens with zero attached hydrogens (tertiary/aromatic N) is 2. The third-order valence-corrected chi connectivity index (χ3v) is 4.00. The van der Waals surface area contributed by atoms with Crippen LogP contribution in [0.25, 0.3) is 0 Å². The number of piperidine rings is 1. The summed E-state index contributed by atoms with van der Waals surface area (Å²) < 4.78 is 0. The molecule has 1 heterocycles. The molecule has 0 atom stereocenters. The Kier molecular flexibility index (Phi) is 8.02. The van der Waals surface area contributed by atoms with Crippen molar-refractivity contribution in [2.24, 2.45) is 5.73 Å². The van der Waals surface area contributed by atoms with Crippen LogP contribution in [0.4, 0.5) is 0 Å². The number of nitrogens with one attached hydrogen (secondary N) is 1. The lowest BCUT2D eigenvalue weighted by Gasteiger charge is -2.32. The van der Waals surface area contributed by atoms with Crippen molar-refractivity contribution in [2.75, 3.05) is 45.8 Å². The highest BCUT2D eigenvalue weighted by Gasteiger charge is 2.21. The van der Waals surface area contributed by atoms with Crippen molar-refractivity contribution in [3.05, 3.63) is 0 Å². The average molecular weight is 270 g/mol. The van der Waals surface area contributed by atoms with Crippen LogP contribution in [0, 0.1) is 0 Å². The summed E-state index contributed by atoms with van der Waals surface area (Å²) >= 11 is 0. The highest BCUT2D eigenvalue weighted by molar-refractivity contribution is 5.78. The Morgan fingerprint density at radius 3 is 2.47 bits per heavy atom. The normalized spacial score (nSPS) is 17.2. The summed E-state index contributed by atoms with van der Waals surface area (Å²) in [4.78, 5) is 15.8. The third kappa shape index (κ3) is 5.89. The lowest BCUT2D eigenvalue weighted by atomic mass is 10.0. The maximum Gasteiger partial charge on any atom is 0.236 e. The minimum absolute atomic E-state index is 0.0833. The van der Waals surface area contributed by atoms with Crippen LogP contribution in [0.1, 0.15) is 33.1 Å². The van der Waals surface area contributed by atoms with Gasteiger partial charge in [0, 0.05) is 19.1 Å². The average Bonchev–Trinajstić information content (AvgIpc) is 2.47. The van der Waals surface area contributed by atoms with Gasteiger partial charge < -0.3 is 20.9 Å².